The van der Waals surface area contributed by atoms with Crippen LogP contribution in [0.3, 0.4) is 0 Å². The number of ether oxygens (including phenoxy) is 4. The van der Waals surface area contributed by atoms with Crippen molar-refractivity contribution in [2.24, 2.45) is 17.8 Å². The van der Waals surface area contributed by atoms with Gasteiger partial charge in [-0.15, -0.1) is 0 Å². The number of carbonyl (C=O) groups excluding carboxylic acids is 3. The van der Waals surface area contributed by atoms with Gasteiger partial charge in [0.15, 0.2) is 0 Å². The fourth-order valence-corrected chi connectivity index (χ4v) is 4.24. The zero-order valence-corrected chi connectivity index (χ0v) is 23.7. The van der Waals surface area contributed by atoms with Gasteiger partial charge in [0.05, 0.1) is 36.9 Å². The number of nitrogens with zero attached hydrogens (tertiary/aromatic N) is 1. The minimum absolute atomic E-state index is 0.00657. The average Bonchev–Trinajstić information content (AvgIpc) is 3.23. The lowest BCUT2D eigenvalue weighted by molar-refractivity contribution is -0.133. The highest BCUT2D eigenvalue weighted by Crippen LogP contribution is 2.27. The second kappa shape index (κ2) is 14.6. The molecule has 1 saturated heterocycles. The van der Waals surface area contributed by atoms with Crippen LogP contribution in [0.25, 0.3) is 0 Å². The van der Waals surface area contributed by atoms with E-state index in [0.717, 1.165) is 0 Å². The summed E-state index contributed by atoms with van der Waals surface area (Å²) in [5, 5.41) is 0. The molecule has 8 heteroatoms. The molecule has 2 unspecified atom stereocenters. The predicted molar refractivity (Wildman–Crippen MR) is 148 cm³/mol. The third kappa shape index (κ3) is 9.01. The number of benzene rings is 2. The average molecular weight is 540 g/mol. The van der Waals surface area contributed by atoms with Gasteiger partial charge in [-0.05, 0) is 73.2 Å². The van der Waals surface area contributed by atoms with Crippen LogP contribution in [0, 0.1) is 17.8 Å². The highest BCUT2D eigenvalue weighted by Gasteiger charge is 2.39. The summed E-state index contributed by atoms with van der Waals surface area (Å²) in [7, 11) is 0. The van der Waals surface area contributed by atoms with Crippen molar-refractivity contribution in [2.45, 2.75) is 53.5 Å². The predicted octanol–water partition coefficient (Wildman–Crippen LogP) is 5.40. The smallest absolute Gasteiger partial charge is 0.338 e. The highest BCUT2D eigenvalue weighted by atomic mass is 16.5. The Hall–Kier alpha value is -3.55. The molecule has 0 spiro atoms. The molecule has 0 radical (unpaired) electrons. The van der Waals surface area contributed by atoms with E-state index in [9.17, 15) is 14.4 Å². The van der Waals surface area contributed by atoms with Crippen molar-refractivity contribution in [3.05, 3.63) is 59.7 Å². The molecule has 0 bridgehead atoms. The number of likely N-dealkylation sites (tertiary alicyclic amines) is 1. The summed E-state index contributed by atoms with van der Waals surface area (Å²) in [4.78, 5) is 39.7. The fourth-order valence-electron chi connectivity index (χ4n) is 4.24. The van der Waals surface area contributed by atoms with Crippen LogP contribution < -0.4 is 9.47 Å². The molecule has 0 N–H and O–H groups in total. The van der Waals surface area contributed by atoms with Gasteiger partial charge in [-0.2, -0.15) is 0 Å². The first-order valence-corrected chi connectivity index (χ1v) is 13.8. The zero-order valence-electron chi connectivity index (χ0n) is 23.7. The lowest BCUT2D eigenvalue weighted by Crippen LogP contribution is -2.39. The van der Waals surface area contributed by atoms with Crippen LogP contribution in [0.15, 0.2) is 48.5 Å². The van der Waals surface area contributed by atoms with Gasteiger partial charge in [-0.25, -0.2) is 9.59 Å². The molecule has 0 saturated carbocycles. The number of amides is 1. The summed E-state index contributed by atoms with van der Waals surface area (Å²) in [5.41, 5.74) is 0.835. The standard InChI is InChI=1S/C31H41NO7/c1-6-23-17-26(20-39-31(35)25-9-13-28(14-10-25)38-19-22(4)5)32(29(23)33)15-16-36-30(34)24-7-11-27(12-8-24)37-18-21(2)3/h7-14,21-23,26H,6,15-20H2,1-5H3. The van der Waals surface area contributed by atoms with E-state index in [1.54, 1.807) is 53.4 Å². The molecular formula is C31H41NO7. The van der Waals surface area contributed by atoms with E-state index in [1.165, 1.54) is 0 Å². The first-order chi connectivity index (χ1) is 18.7. The van der Waals surface area contributed by atoms with Crippen molar-refractivity contribution < 1.29 is 33.3 Å². The maximum absolute atomic E-state index is 12.9. The van der Waals surface area contributed by atoms with Crippen molar-refractivity contribution >= 4 is 17.8 Å². The number of esters is 2. The quantitative estimate of drug-likeness (QED) is 0.297. The van der Waals surface area contributed by atoms with Crippen molar-refractivity contribution in [2.75, 3.05) is 33.0 Å². The van der Waals surface area contributed by atoms with E-state index in [1.807, 2.05) is 6.92 Å². The summed E-state index contributed by atoms with van der Waals surface area (Å²) >= 11 is 0. The van der Waals surface area contributed by atoms with Crippen LogP contribution in [-0.2, 0) is 14.3 Å². The third-order valence-corrected chi connectivity index (χ3v) is 6.44. The summed E-state index contributed by atoms with van der Waals surface area (Å²) in [6.45, 7) is 11.8. The van der Waals surface area contributed by atoms with Gasteiger partial charge in [-0.3, -0.25) is 4.79 Å². The fraction of sp³-hybridized carbons (Fsp3) is 0.516. The van der Waals surface area contributed by atoms with Gasteiger partial charge in [-0.1, -0.05) is 34.6 Å². The number of rotatable bonds is 14. The minimum Gasteiger partial charge on any atom is -0.493 e. The molecule has 2 aromatic carbocycles. The minimum atomic E-state index is -0.465. The van der Waals surface area contributed by atoms with E-state index in [-0.39, 0.29) is 37.6 Å². The topological polar surface area (TPSA) is 91.4 Å². The van der Waals surface area contributed by atoms with E-state index in [4.69, 9.17) is 18.9 Å². The Morgan fingerprint density at radius 2 is 1.31 bits per heavy atom. The van der Waals surface area contributed by atoms with Crippen LogP contribution in [0.1, 0.15) is 68.2 Å². The van der Waals surface area contributed by atoms with Gasteiger partial charge in [0.25, 0.3) is 0 Å². The second-order valence-electron chi connectivity index (χ2n) is 10.7. The molecular weight excluding hydrogens is 498 g/mol. The van der Waals surface area contributed by atoms with Crippen molar-refractivity contribution in [3.63, 3.8) is 0 Å². The lowest BCUT2D eigenvalue weighted by atomic mass is 10.0. The molecule has 3 rings (SSSR count). The summed E-state index contributed by atoms with van der Waals surface area (Å²) in [6, 6.07) is 13.4. The van der Waals surface area contributed by atoms with Crippen LogP contribution in [0.2, 0.25) is 0 Å². The molecule has 1 heterocycles. The largest absolute Gasteiger partial charge is 0.493 e. The Balaban J connectivity index is 1.50. The molecule has 2 aromatic rings. The van der Waals surface area contributed by atoms with Crippen LogP contribution in [0.5, 0.6) is 11.5 Å². The van der Waals surface area contributed by atoms with Crippen molar-refractivity contribution in [1.29, 1.82) is 0 Å². The van der Waals surface area contributed by atoms with E-state index >= 15 is 0 Å². The summed E-state index contributed by atoms with van der Waals surface area (Å²) in [6.07, 6.45) is 1.29. The second-order valence-corrected chi connectivity index (χ2v) is 10.7. The molecule has 2 atom stereocenters. The van der Waals surface area contributed by atoms with Gasteiger partial charge in [0.2, 0.25) is 5.91 Å². The summed E-state index contributed by atoms with van der Waals surface area (Å²) in [5.74, 6) is 1.14. The zero-order chi connectivity index (χ0) is 28.4. The molecule has 0 aromatic heterocycles. The Morgan fingerprint density at radius 3 is 1.77 bits per heavy atom. The molecule has 1 aliphatic heterocycles. The van der Waals surface area contributed by atoms with E-state index in [0.29, 0.717) is 60.5 Å². The van der Waals surface area contributed by atoms with E-state index in [2.05, 4.69) is 27.7 Å². The molecule has 0 aliphatic carbocycles. The van der Waals surface area contributed by atoms with Crippen molar-refractivity contribution in [3.8, 4) is 11.5 Å². The molecule has 8 nitrogen and oxygen atoms in total. The number of hydrogen-bond acceptors (Lipinski definition) is 7. The van der Waals surface area contributed by atoms with Gasteiger partial charge in [0, 0.05) is 5.92 Å². The van der Waals surface area contributed by atoms with Gasteiger partial charge in [0.1, 0.15) is 24.7 Å². The lowest BCUT2D eigenvalue weighted by Gasteiger charge is -2.24. The van der Waals surface area contributed by atoms with Crippen LogP contribution >= 0.6 is 0 Å². The molecule has 39 heavy (non-hydrogen) atoms. The normalized spacial score (nSPS) is 17.0. The number of hydrogen-bond donors (Lipinski definition) is 0. The molecule has 1 fully saturated rings. The Labute approximate surface area is 231 Å². The third-order valence-electron chi connectivity index (χ3n) is 6.44. The monoisotopic (exact) mass is 539 g/mol. The van der Waals surface area contributed by atoms with Crippen LogP contribution in [-0.4, -0.2) is 61.8 Å². The van der Waals surface area contributed by atoms with E-state index < -0.39 is 11.9 Å². The SMILES string of the molecule is CCC1CC(COC(=O)c2ccc(OCC(C)C)cc2)N(CCOC(=O)c2ccc(OCC(C)C)cc2)C1=O. The highest BCUT2D eigenvalue weighted by molar-refractivity contribution is 5.90. The molecule has 212 valence electrons. The maximum Gasteiger partial charge on any atom is 0.338 e. The Morgan fingerprint density at radius 1 is 0.821 bits per heavy atom. The first-order valence-electron chi connectivity index (χ1n) is 13.8. The van der Waals surface area contributed by atoms with Crippen molar-refractivity contribution in [1.82, 2.24) is 4.90 Å². The van der Waals surface area contributed by atoms with Crippen LogP contribution in [0.4, 0.5) is 0 Å². The first kappa shape index (κ1) is 30.0. The van der Waals surface area contributed by atoms with Gasteiger partial charge >= 0.3 is 11.9 Å². The Kier molecular flexibility index (Phi) is 11.2. The van der Waals surface area contributed by atoms with Gasteiger partial charge < -0.3 is 23.8 Å². The Bertz CT molecular complexity index is 1080. The summed E-state index contributed by atoms with van der Waals surface area (Å²) < 4.78 is 22.3. The maximum atomic E-state index is 12.9. The molecule has 1 aliphatic rings. The number of carbonyl (C=O) groups is 3. The molecule has 1 amide bonds.